The molecule has 2 heterocycles. The number of halogens is 1. The van der Waals surface area contributed by atoms with Crippen molar-refractivity contribution < 1.29 is 5.11 Å². The number of pyridine rings is 1. The van der Waals surface area contributed by atoms with E-state index >= 15 is 0 Å². The third-order valence-corrected chi connectivity index (χ3v) is 4.61. The molecule has 1 saturated heterocycles. The molecule has 2 aromatic rings. The van der Waals surface area contributed by atoms with Crippen molar-refractivity contribution in [3.05, 3.63) is 58.7 Å². The average molecular weight is 343 g/mol. The fourth-order valence-electron chi connectivity index (χ4n) is 2.91. The molecule has 0 saturated carbocycles. The van der Waals surface area contributed by atoms with Gasteiger partial charge in [0.15, 0.2) is 0 Å². The maximum atomic E-state index is 10.4. The second-order valence-electron chi connectivity index (χ2n) is 5.84. The van der Waals surface area contributed by atoms with Crippen LogP contribution in [0.1, 0.15) is 17.2 Å². The van der Waals surface area contributed by atoms with Gasteiger partial charge in [0.1, 0.15) is 5.82 Å². The van der Waals surface area contributed by atoms with Gasteiger partial charge in [0.2, 0.25) is 0 Å². The Balaban J connectivity index is 1.57. The molecule has 0 bridgehead atoms. The van der Waals surface area contributed by atoms with E-state index in [4.69, 9.17) is 16.9 Å². The Morgan fingerprint density at radius 2 is 1.96 bits per heavy atom. The second kappa shape index (κ2) is 7.63. The highest BCUT2D eigenvalue weighted by molar-refractivity contribution is 6.31. The number of rotatable bonds is 4. The summed E-state index contributed by atoms with van der Waals surface area (Å²) in [4.78, 5) is 8.73. The van der Waals surface area contributed by atoms with Crippen LogP contribution in [0.2, 0.25) is 5.02 Å². The Kier molecular flexibility index (Phi) is 5.31. The zero-order valence-corrected chi connectivity index (χ0v) is 14.0. The van der Waals surface area contributed by atoms with Crippen molar-refractivity contribution in [1.82, 2.24) is 9.88 Å². The number of piperazine rings is 1. The van der Waals surface area contributed by atoms with Gasteiger partial charge in [-0.3, -0.25) is 4.90 Å². The van der Waals surface area contributed by atoms with Crippen LogP contribution in [0.3, 0.4) is 0 Å². The predicted molar refractivity (Wildman–Crippen MR) is 94.0 cm³/mol. The average Bonchev–Trinajstić information content (AvgIpc) is 2.62. The van der Waals surface area contributed by atoms with Crippen molar-refractivity contribution in [3.63, 3.8) is 0 Å². The van der Waals surface area contributed by atoms with E-state index < -0.39 is 6.10 Å². The number of hydrogen-bond acceptors (Lipinski definition) is 5. The molecule has 0 radical (unpaired) electrons. The highest BCUT2D eigenvalue weighted by Crippen LogP contribution is 2.24. The molecule has 1 atom stereocenters. The first kappa shape index (κ1) is 16.7. The van der Waals surface area contributed by atoms with Gasteiger partial charge in [-0.25, -0.2) is 4.98 Å². The highest BCUT2D eigenvalue weighted by Gasteiger charge is 2.21. The van der Waals surface area contributed by atoms with Gasteiger partial charge in [-0.05, 0) is 18.2 Å². The topological polar surface area (TPSA) is 63.4 Å². The first-order valence-electron chi connectivity index (χ1n) is 7.93. The molecule has 1 N–H and O–H groups in total. The Morgan fingerprint density at radius 3 is 2.67 bits per heavy atom. The zero-order valence-electron chi connectivity index (χ0n) is 13.3. The van der Waals surface area contributed by atoms with Crippen LogP contribution in [0, 0.1) is 11.3 Å². The maximum Gasteiger partial charge on any atom is 0.129 e. The van der Waals surface area contributed by atoms with Gasteiger partial charge in [0, 0.05) is 49.5 Å². The van der Waals surface area contributed by atoms with E-state index in [0.29, 0.717) is 17.1 Å². The molecule has 1 aromatic heterocycles. The van der Waals surface area contributed by atoms with Crippen molar-refractivity contribution in [2.45, 2.75) is 6.10 Å². The van der Waals surface area contributed by atoms with Crippen molar-refractivity contribution in [2.24, 2.45) is 0 Å². The lowest BCUT2D eigenvalue weighted by molar-refractivity contribution is 0.109. The van der Waals surface area contributed by atoms with Gasteiger partial charge in [0.05, 0.1) is 17.7 Å². The van der Waals surface area contributed by atoms with Crippen LogP contribution in [-0.4, -0.2) is 47.7 Å². The van der Waals surface area contributed by atoms with Crippen molar-refractivity contribution in [1.29, 1.82) is 5.26 Å². The normalized spacial score (nSPS) is 16.6. The Hall–Kier alpha value is -2.13. The monoisotopic (exact) mass is 342 g/mol. The standard InChI is InChI=1S/C18H19ClN4O/c19-16-4-2-1-3-15(16)17(24)13-22-7-9-23(10-8-22)18-11-14(12-20)5-6-21-18/h1-6,11,17,24H,7-10,13H2/t17-/m0/s1. The molecule has 1 aliphatic rings. The van der Waals surface area contributed by atoms with Crippen LogP contribution in [0.25, 0.3) is 0 Å². The maximum absolute atomic E-state index is 10.4. The van der Waals surface area contributed by atoms with Crippen LogP contribution in [-0.2, 0) is 0 Å². The van der Waals surface area contributed by atoms with E-state index in [0.717, 1.165) is 37.6 Å². The van der Waals surface area contributed by atoms with E-state index in [1.807, 2.05) is 24.3 Å². The van der Waals surface area contributed by atoms with Crippen LogP contribution >= 0.6 is 11.6 Å². The third kappa shape index (κ3) is 3.85. The van der Waals surface area contributed by atoms with E-state index in [1.54, 1.807) is 18.3 Å². The van der Waals surface area contributed by atoms with E-state index in [2.05, 4.69) is 20.9 Å². The largest absolute Gasteiger partial charge is 0.387 e. The molecule has 6 heteroatoms. The summed E-state index contributed by atoms with van der Waals surface area (Å²) in [6.45, 7) is 3.86. The number of benzene rings is 1. The van der Waals surface area contributed by atoms with Gasteiger partial charge in [0.25, 0.3) is 0 Å². The third-order valence-electron chi connectivity index (χ3n) is 4.27. The van der Waals surface area contributed by atoms with Gasteiger partial charge in [-0.2, -0.15) is 5.26 Å². The molecule has 0 unspecified atom stereocenters. The minimum atomic E-state index is -0.592. The number of aromatic nitrogens is 1. The van der Waals surface area contributed by atoms with Gasteiger partial charge >= 0.3 is 0 Å². The Morgan fingerprint density at radius 1 is 1.21 bits per heavy atom. The molecule has 124 valence electrons. The number of anilines is 1. The predicted octanol–water partition coefficient (Wildman–Crippen LogP) is 2.46. The minimum Gasteiger partial charge on any atom is -0.387 e. The summed E-state index contributed by atoms with van der Waals surface area (Å²) in [5.74, 6) is 0.834. The minimum absolute atomic E-state index is 0.559. The molecule has 0 amide bonds. The fraction of sp³-hybridized carbons (Fsp3) is 0.333. The summed E-state index contributed by atoms with van der Waals surface area (Å²) >= 11 is 6.15. The molecular formula is C18H19ClN4O. The molecule has 0 spiro atoms. The van der Waals surface area contributed by atoms with Crippen molar-refractivity contribution in [3.8, 4) is 6.07 Å². The quantitative estimate of drug-likeness (QED) is 0.924. The second-order valence-corrected chi connectivity index (χ2v) is 6.25. The molecule has 24 heavy (non-hydrogen) atoms. The highest BCUT2D eigenvalue weighted by atomic mass is 35.5. The van der Waals surface area contributed by atoms with Crippen molar-refractivity contribution in [2.75, 3.05) is 37.6 Å². The Bertz CT molecular complexity index is 738. The number of β-amino-alcohol motifs (C(OH)–C–C–N with tert-alkyl or cyclic N) is 1. The molecule has 1 aliphatic heterocycles. The number of nitrogens with zero attached hydrogens (tertiary/aromatic N) is 4. The lowest BCUT2D eigenvalue weighted by Gasteiger charge is -2.36. The molecule has 1 aromatic carbocycles. The zero-order chi connectivity index (χ0) is 16.9. The van der Waals surface area contributed by atoms with Crippen LogP contribution in [0.15, 0.2) is 42.6 Å². The summed E-state index contributed by atoms with van der Waals surface area (Å²) in [6.07, 6.45) is 1.08. The van der Waals surface area contributed by atoms with Crippen molar-refractivity contribution >= 4 is 17.4 Å². The van der Waals surface area contributed by atoms with E-state index in [1.165, 1.54) is 0 Å². The lowest BCUT2D eigenvalue weighted by atomic mass is 10.1. The lowest BCUT2D eigenvalue weighted by Crippen LogP contribution is -2.47. The first-order chi connectivity index (χ1) is 11.7. The molecule has 0 aliphatic carbocycles. The van der Waals surface area contributed by atoms with E-state index in [9.17, 15) is 5.11 Å². The number of aliphatic hydroxyl groups excluding tert-OH is 1. The first-order valence-corrected chi connectivity index (χ1v) is 8.31. The molecule has 3 rings (SSSR count). The fourth-order valence-corrected chi connectivity index (χ4v) is 3.17. The summed E-state index contributed by atoms with van der Waals surface area (Å²) in [5.41, 5.74) is 1.39. The van der Waals surface area contributed by atoms with Gasteiger partial charge < -0.3 is 10.0 Å². The smallest absolute Gasteiger partial charge is 0.129 e. The summed E-state index contributed by atoms with van der Waals surface area (Å²) < 4.78 is 0. The van der Waals surface area contributed by atoms with Crippen LogP contribution in [0.4, 0.5) is 5.82 Å². The van der Waals surface area contributed by atoms with Gasteiger partial charge in [-0.1, -0.05) is 29.8 Å². The molecule has 5 nitrogen and oxygen atoms in total. The molecule has 1 fully saturated rings. The number of hydrogen-bond donors (Lipinski definition) is 1. The van der Waals surface area contributed by atoms with E-state index in [-0.39, 0.29) is 0 Å². The molecular weight excluding hydrogens is 324 g/mol. The Labute approximate surface area is 146 Å². The number of aliphatic hydroxyl groups is 1. The SMILES string of the molecule is N#Cc1ccnc(N2CCN(C[C@H](O)c3ccccc3Cl)CC2)c1. The van der Waals surface area contributed by atoms with Crippen LogP contribution < -0.4 is 4.90 Å². The van der Waals surface area contributed by atoms with Crippen LogP contribution in [0.5, 0.6) is 0 Å². The summed E-state index contributed by atoms with van der Waals surface area (Å²) in [5, 5.41) is 20.0. The summed E-state index contributed by atoms with van der Waals surface area (Å²) in [7, 11) is 0. The summed E-state index contributed by atoms with van der Waals surface area (Å²) in [6, 6.07) is 13.1. The number of nitriles is 1. The van der Waals surface area contributed by atoms with Gasteiger partial charge in [-0.15, -0.1) is 0 Å².